The molecule has 0 saturated heterocycles. The molecule has 14 heavy (non-hydrogen) atoms. The van der Waals surface area contributed by atoms with Gasteiger partial charge in [0.25, 0.3) is 0 Å². The molecule has 5 heteroatoms. The number of halogens is 3. The minimum atomic E-state index is -4.64. The van der Waals surface area contributed by atoms with Crippen LogP contribution in [-0.4, -0.2) is 13.4 Å². The molecule has 0 fully saturated rings. The fourth-order valence-electron chi connectivity index (χ4n) is 1.07. The Morgan fingerprint density at radius 3 is 2.43 bits per heavy atom. The number of ether oxygens (including phenoxy) is 1. The average molecular weight is 205 g/mol. The van der Waals surface area contributed by atoms with E-state index in [2.05, 4.69) is 10.1 Å². The molecule has 0 spiro atoms. The molecule has 0 heterocycles. The van der Waals surface area contributed by atoms with E-state index >= 15 is 0 Å². The zero-order valence-corrected chi connectivity index (χ0v) is 7.77. The minimum Gasteiger partial charge on any atom is -0.406 e. The molecule has 0 amide bonds. The van der Waals surface area contributed by atoms with Crippen LogP contribution in [0.25, 0.3) is 0 Å². The lowest BCUT2D eigenvalue weighted by Gasteiger charge is -2.11. The highest BCUT2D eigenvalue weighted by Crippen LogP contribution is 2.26. The standard InChI is InChI=1S/C9H10F3NO/c1-6-3-4-7(5-8(6)13-2)14-9(10,11)12/h3-5,13H,1-2H3. The van der Waals surface area contributed by atoms with Crippen molar-refractivity contribution < 1.29 is 17.9 Å². The third kappa shape index (κ3) is 2.83. The fraction of sp³-hybridized carbons (Fsp3) is 0.333. The van der Waals surface area contributed by atoms with Crippen molar-refractivity contribution in [1.82, 2.24) is 0 Å². The van der Waals surface area contributed by atoms with Gasteiger partial charge in [0.2, 0.25) is 0 Å². The summed E-state index contributed by atoms with van der Waals surface area (Å²) in [6.45, 7) is 1.79. The number of hydrogen-bond donors (Lipinski definition) is 1. The van der Waals surface area contributed by atoms with Crippen LogP contribution in [0.15, 0.2) is 18.2 Å². The van der Waals surface area contributed by atoms with Crippen LogP contribution >= 0.6 is 0 Å². The largest absolute Gasteiger partial charge is 0.573 e. The third-order valence-electron chi connectivity index (χ3n) is 1.71. The van der Waals surface area contributed by atoms with Crippen molar-refractivity contribution >= 4 is 5.69 Å². The lowest BCUT2D eigenvalue weighted by molar-refractivity contribution is -0.274. The molecule has 1 aromatic carbocycles. The Hall–Kier alpha value is -1.39. The molecule has 0 aliphatic rings. The van der Waals surface area contributed by atoms with E-state index < -0.39 is 6.36 Å². The Morgan fingerprint density at radius 1 is 1.29 bits per heavy atom. The molecule has 0 bridgehead atoms. The summed E-state index contributed by atoms with van der Waals surface area (Å²) in [5, 5.41) is 2.77. The first-order chi connectivity index (χ1) is 6.42. The Bertz CT molecular complexity index is 322. The van der Waals surface area contributed by atoms with Gasteiger partial charge in [-0.05, 0) is 18.6 Å². The number of alkyl halides is 3. The highest BCUT2D eigenvalue weighted by atomic mass is 19.4. The van der Waals surface area contributed by atoms with E-state index in [0.717, 1.165) is 5.56 Å². The monoisotopic (exact) mass is 205 g/mol. The molecule has 1 rings (SSSR count). The molecular formula is C9H10F3NO. The van der Waals surface area contributed by atoms with Crippen molar-refractivity contribution in [2.45, 2.75) is 13.3 Å². The second-order valence-electron chi connectivity index (χ2n) is 2.77. The van der Waals surface area contributed by atoms with Crippen LogP contribution in [0.3, 0.4) is 0 Å². The van der Waals surface area contributed by atoms with E-state index in [1.165, 1.54) is 12.1 Å². The molecule has 0 aliphatic heterocycles. The normalized spacial score (nSPS) is 11.2. The molecule has 2 nitrogen and oxygen atoms in total. The molecule has 0 radical (unpaired) electrons. The Labute approximate surface area is 79.7 Å². The van der Waals surface area contributed by atoms with E-state index in [-0.39, 0.29) is 5.75 Å². The second-order valence-corrected chi connectivity index (χ2v) is 2.77. The second kappa shape index (κ2) is 3.77. The van der Waals surface area contributed by atoms with Crippen molar-refractivity contribution in [3.8, 4) is 5.75 Å². The molecule has 0 atom stereocenters. The summed E-state index contributed by atoms with van der Waals surface area (Å²) in [5.41, 5.74) is 1.48. The fourth-order valence-corrected chi connectivity index (χ4v) is 1.07. The van der Waals surface area contributed by atoms with Crippen LogP contribution in [0, 0.1) is 6.92 Å². The zero-order valence-electron chi connectivity index (χ0n) is 7.77. The number of benzene rings is 1. The van der Waals surface area contributed by atoms with Gasteiger partial charge in [-0.1, -0.05) is 6.07 Å². The van der Waals surface area contributed by atoms with Gasteiger partial charge in [0.05, 0.1) is 0 Å². The number of aryl methyl sites for hydroxylation is 1. The van der Waals surface area contributed by atoms with Gasteiger partial charge in [0.15, 0.2) is 0 Å². The van der Waals surface area contributed by atoms with Crippen molar-refractivity contribution in [3.63, 3.8) is 0 Å². The maximum Gasteiger partial charge on any atom is 0.573 e. The van der Waals surface area contributed by atoms with Gasteiger partial charge in [-0.15, -0.1) is 13.2 Å². The molecular weight excluding hydrogens is 195 g/mol. The van der Waals surface area contributed by atoms with Crippen molar-refractivity contribution in [1.29, 1.82) is 0 Å². The average Bonchev–Trinajstić information content (AvgIpc) is 2.06. The summed E-state index contributed by atoms with van der Waals surface area (Å²) < 4.78 is 39.3. The number of nitrogens with one attached hydrogen (secondary N) is 1. The van der Waals surface area contributed by atoms with Crippen LogP contribution in [0.1, 0.15) is 5.56 Å². The number of rotatable bonds is 2. The summed E-state index contributed by atoms with van der Waals surface area (Å²) >= 11 is 0. The van der Waals surface area contributed by atoms with Crippen molar-refractivity contribution in [3.05, 3.63) is 23.8 Å². The lowest BCUT2D eigenvalue weighted by Crippen LogP contribution is -2.17. The molecule has 0 saturated carbocycles. The van der Waals surface area contributed by atoms with Gasteiger partial charge < -0.3 is 10.1 Å². The minimum absolute atomic E-state index is 0.215. The Balaban J connectivity index is 2.90. The van der Waals surface area contributed by atoms with Gasteiger partial charge in [0, 0.05) is 18.8 Å². The number of hydrogen-bond acceptors (Lipinski definition) is 2. The predicted octanol–water partition coefficient (Wildman–Crippen LogP) is 2.94. The predicted molar refractivity (Wildman–Crippen MR) is 47.4 cm³/mol. The molecule has 1 aromatic rings. The lowest BCUT2D eigenvalue weighted by atomic mass is 10.2. The summed E-state index contributed by atoms with van der Waals surface area (Å²) in [7, 11) is 1.64. The summed E-state index contributed by atoms with van der Waals surface area (Å²) in [6, 6.07) is 4.15. The highest BCUT2D eigenvalue weighted by molar-refractivity contribution is 5.54. The van der Waals surface area contributed by atoms with Crippen molar-refractivity contribution in [2.75, 3.05) is 12.4 Å². The number of anilines is 1. The van der Waals surface area contributed by atoms with Gasteiger partial charge in [-0.25, -0.2) is 0 Å². The van der Waals surface area contributed by atoms with E-state index in [1.54, 1.807) is 20.0 Å². The molecule has 0 aliphatic carbocycles. The zero-order chi connectivity index (χ0) is 10.8. The van der Waals surface area contributed by atoms with E-state index in [1.807, 2.05) is 0 Å². The summed E-state index contributed by atoms with van der Waals surface area (Å²) in [5.74, 6) is -0.215. The first kappa shape index (κ1) is 10.7. The Morgan fingerprint density at radius 2 is 1.93 bits per heavy atom. The first-order valence-electron chi connectivity index (χ1n) is 3.96. The SMILES string of the molecule is CNc1cc(OC(F)(F)F)ccc1C. The summed E-state index contributed by atoms with van der Waals surface area (Å²) in [4.78, 5) is 0. The van der Waals surface area contributed by atoms with Gasteiger partial charge in [0.1, 0.15) is 5.75 Å². The van der Waals surface area contributed by atoms with Gasteiger partial charge in [-0.3, -0.25) is 0 Å². The molecule has 78 valence electrons. The molecule has 0 unspecified atom stereocenters. The topological polar surface area (TPSA) is 21.3 Å². The van der Waals surface area contributed by atoms with Crippen LogP contribution < -0.4 is 10.1 Å². The highest BCUT2D eigenvalue weighted by Gasteiger charge is 2.31. The van der Waals surface area contributed by atoms with Crippen LogP contribution in [-0.2, 0) is 0 Å². The van der Waals surface area contributed by atoms with Crippen LogP contribution in [0.4, 0.5) is 18.9 Å². The van der Waals surface area contributed by atoms with E-state index in [9.17, 15) is 13.2 Å². The quantitative estimate of drug-likeness (QED) is 0.801. The van der Waals surface area contributed by atoms with E-state index in [4.69, 9.17) is 0 Å². The maximum atomic E-state index is 11.8. The summed E-state index contributed by atoms with van der Waals surface area (Å²) in [6.07, 6.45) is -4.64. The third-order valence-corrected chi connectivity index (χ3v) is 1.71. The van der Waals surface area contributed by atoms with Crippen molar-refractivity contribution in [2.24, 2.45) is 0 Å². The van der Waals surface area contributed by atoms with Gasteiger partial charge >= 0.3 is 6.36 Å². The molecule has 0 aromatic heterocycles. The smallest absolute Gasteiger partial charge is 0.406 e. The van der Waals surface area contributed by atoms with Crippen LogP contribution in [0.5, 0.6) is 5.75 Å². The maximum absolute atomic E-state index is 11.8. The molecule has 1 N–H and O–H groups in total. The van der Waals surface area contributed by atoms with Gasteiger partial charge in [-0.2, -0.15) is 0 Å². The van der Waals surface area contributed by atoms with E-state index in [0.29, 0.717) is 5.69 Å². The van der Waals surface area contributed by atoms with Crippen LogP contribution in [0.2, 0.25) is 0 Å². The first-order valence-corrected chi connectivity index (χ1v) is 3.96. The Kier molecular flexibility index (Phi) is 2.88.